The van der Waals surface area contributed by atoms with Crippen molar-refractivity contribution >= 4 is 34.1 Å². The summed E-state index contributed by atoms with van der Waals surface area (Å²) in [6.07, 6.45) is -1.53. The van der Waals surface area contributed by atoms with Crippen LogP contribution in [0.4, 0.5) is 18.9 Å². The van der Waals surface area contributed by atoms with Crippen LogP contribution in [0, 0.1) is 17.5 Å². The van der Waals surface area contributed by atoms with Gasteiger partial charge in [-0.1, -0.05) is 53.2 Å². The predicted octanol–water partition coefficient (Wildman–Crippen LogP) is 5.64. The largest absolute Gasteiger partial charge is 0.376 e. The first-order chi connectivity index (χ1) is 22.3. The molecule has 3 aromatic carbocycles. The molecule has 0 radical (unpaired) electrons. The molecule has 2 aromatic heterocycles. The summed E-state index contributed by atoms with van der Waals surface area (Å²) >= 11 is 6.33. The van der Waals surface area contributed by atoms with E-state index < -0.39 is 60.1 Å². The first-order valence-corrected chi connectivity index (χ1v) is 14.6. The number of rotatable bonds is 6. The molecule has 2 aliphatic rings. The zero-order chi connectivity index (χ0) is 31.9. The maximum absolute atomic E-state index is 14.1. The van der Waals surface area contributed by atoms with Gasteiger partial charge in [0.15, 0.2) is 29.8 Å². The molecule has 0 unspecified atom stereocenters. The third-order valence-electron chi connectivity index (χ3n) is 7.98. The summed E-state index contributed by atoms with van der Waals surface area (Å²) in [5.41, 5.74) is 1.67. The molecule has 5 aromatic rings. The molecule has 2 saturated heterocycles. The van der Waals surface area contributed by atoms with E-state index in [2.05, 4.69) is 20.6 Å². The quantitative estimate of drug-likeness (QED) is 0.235. The Hall–Kier alpha value is -4.40. The zero-order valence-corrected chi connectivity index (χ0v) is 24.8. The average Bonchev–Trinajstić information content (AvgIpc) is 3.56. The Bertz CT molecular complexity index is 1890. The summed E-state index contributed by atoms with van der Waals surface area (Å²) in [4.78, 5) is 18.3. The summed E-state index contributed by atoms with van der Waals surface area (Å²) in [6, 6.07) is 17.0. The number of halogens is 4. The van der Waals surface area contributed by atoms with Gasteiger partial charge in [-0.25, -0.2) is 17.9 Å². The van der Waals surface area contributed by atoms with Crippen LogP contribution in [-0.4, -0.2) is 64.0 Å². The van der Waals surface area contributed by atoms with E-state index in [0.29, 0.717) is 16.2 Å². The molecule has 0 aliphatic carbocycles. The number of hydrogen-bond donors (Lipinski definition) is 1. The number of nitrogens with zero attached hydrogens (tertiary/aromatic N) is 4. The smallest absolute Gasteiger partial charge is 0.256 e. The monoisotopic (exact) mass is 651 g/mol. The van der Waals surface area contributed by atoms with Crippen LogP contribution in [0.15, 0.2) is 79.1 Å². The molecule has 2 fully saturated rings. The molecule has 1 N–H and O–H groups in total. The second-order valence-corrected chi connectivity index (χ2v) is 11.3. The minimum absolute atomic E-state index is 0.0371. The summed E-state index contributed by atoms with van der Waals surface area (Å²) in [5.74, 6) is -4.90. The van der Waals surface area contributed by atoms with Crippen molar-refractivity contribution in [3.8, 4) is 11.3 Å². The van der Waals surface area contributed by atoms with Gasteiger partial charge in [0.2, 0.25) is 0 Å². The van der Waals surface area contributed by atoms with E-state index in [9.17, 15) is 18.0 Å². The molecule has 0 spiro atoms. The minimum atomic E-state index is -1.60. The Morgan fingerprint density at radius 3 is 2.59 bits per heavy atom. The van der Waals surface area contributed by atoms with Crippen LogP contribution in [0.3, 0.4) is 0 Å². The van der Waals surface area contributed by atoms with E-state index in [-0.39, 0.29) is 17.9 Å². The predicted molar refractivity (Wildman–Crippen MR) is 159 cm³/mol. The lowest BCUT2D eigenvalue weighted by Gasteiger charge is -2.48. The van der Waals surface area contributed by atoms with Crippen molar-refractivity contribution in [2.75, 3.05) is 19.0 Å². The van der Waals surface area contributed by atoms with Gasteiger partial charge < -0.3 is 24.3 Å². The number of hydrogen-bond acceptors (Lipinski definition) is 8. The van der Waals surface area contributed by atoms with Gasteiger partial charge in [0.05, 0.1) is 24.0 Å². The summed E-state index contributed by atoms with van der Waals surface area (Å²) in [6.45, 7) is 0.0541. The first kappa shape index (κ1) is 30.3. The molecule has 236 valence electrons. The second-order valence-electron chi connectivity index (χ2n) is 10.8. The van der Waals surface area contributed by atoms with Gasteiger partial charge in [0.1, 0.15) is 30.0 Å². The number of amides is 1. The molecular formula is C32H25ClF3N5O5. The highest BCUT2D eigenvalue weighted by Gasteiger charge is 2.53. The van der Waals surface area contributed by atoms with Gasteiger partial charge in [0.25, 0.3) is 5.91 Å². The highest BCUT2D eigenvalue weighted by atomic mass is 35.5. The number of methoxy groups -OCH3 is 1. The van der Waals surface area contributed by atoms with E-state index >= 15 is 0 Å². The number of carbonyl (C=O) groups is 1. The Labute approximate surface area is 265 Å². The third kappa shape index (κ3) is 5.60. The summed E-state index contributed by atoms with van der Waals surface area (Å²) in [7, 11) is 1.41. The topological polar surface area (TPSA) is 110 Å². The normalized spacial score (nSPS) is 24.5. The molecular weight excluding hydrogens is 627 g/mol. The van der Waals surface area contributed by atoms with Crippen molar-refractivity contribution in [2.24, 2.45) is 0 Å². The highest BCUT2D eigenvalue weighted by molar-refractivity contribution is 6.32. The van der Waals surface area contributed by atoms with Gasteiger partial charge in [-0.15, -0.1) is 5.10 Å². The average molecular weight is 652 g/mol. The van der Waals surface area contributed by atoms with Crippen LogP contribution in [0.5, 0.6) is 0 Å². The van der Waals surface area contributed by atoms with Crippen LogP contribution in [0.2, 0.25) is 5.02 Å². The minimum Gasteiger partial charge on any atom is -0.376 e. The van der Waals surface area contributed by atoms with Crippen LogP contribution in [-0.2, 0) is 23.7 Å². The van der Waals surface area contributed by atoms with Crippen LogP contribution >= 0.6 is 11.6 Å². The molecule has 46 heavy (non-hydrogen) atoms. The number of carbonyl (C=O) groups excluding carboxylic acids is 1. The fourth-order valence-corrected chi connectivity index (χ4v) is 6.10. The molecule has 6 atom stereocenters. The summed E-state index contributed by atoms with van der Waals surface area (Å²) in [5, 5.41) is 12.3. The van der Waals surface area contributed by atoms with Crippen molar-refractivity contribution in [1.29, 1.82) is 0 Å². The van der Waals surface area contributed by atoms with Crippen molar-refractivity contribution in [3.63, 3.8) is 0 Å². The maximum atomic E-state index is 14.1. The lowest BCUT2D eigenvalue weighted by atomic mass is 9.90. The molecule has 0 bridgehead atoms. The SMILES string of the molecule is CO[C@@H]1[C@@H](n2cc(-c3cc(F)c(F)c(F)c3)nn2)[C@H]2O[C@@H](c3ccccc3)OC[C@H]2O[C@H]1C(=O)Nc1cc(Cl)cc2cccnc12. The number of benzene rings is 3. The number of fused-ring (bicyclic) bond motifs is 2. The maximum Gasteiger partial charge on any atom is 0.256 e. The van der Waals surface area contributed by atoms with Crippen molar-refractivity contribution in [2.45, 2.75) is 36.7 Å². The van der Waals surface area contributed by atoms with Crippen LogP contribution in [0.25, 0.3) is 22.2 Å². The molecule has 4 heterocycles. The van der Waals surface area contributed by atoms with E-state index in [1.807, 2.05) is 36.4 Å². The Morgan fingerprint density at radius 1 is 1.04 bits per heavy atom. The molecule has 1 amide bonds. The number of anilines is 1. The third-order valence-corrected chi connectivity index (χ3v) is 8.20. The summed E-state index contributed by atoms with van der Waals surface area (Å²) < 4.78 is 67.8. The van der Waals surface area contributed by atoms with Crippen LogP contribution < -0.4 is 5.32 Å². The van der Waals surface area contributed by atoms with Gasteiger partial charge in [0, 0.05) is 34.8 Å². The molecule has 0 saturated carbocycles. The van der Waals surface area contributed by atoms with Gasteiger partial charge in [-0.3, -0.25) is 9.78 Å². The van der Waals surface area contributed by atoms with Crippen molar-refractivity contribution in [3.05, 3.63) is 107 Å². The molecule has 2 aliphatic heterocycles. The van der Waals surface area contributed by atoms with Crippen molar-refractivity contribution in [1.82, 2.24) is 20.0 Å². The van der Waals surface area contributed by atoms with Crippen molar-refractivity contribution < 1.29 is 36.9 Å². The fraction of sp³-hybridized carbons (Fsp3) is 0.250. The fourth-order valence-electron chi connectivity index (χ4n) is 5.87. The van der Waals surface area contributed by atoms with E-state index in [1.54, 1.807) is 24.4 Å². The van der Waals surface area contributed by atoms with Crippen LogP contribution in [0.1, 0.15) is 17.9 Å². The van der Waals surface area contributed by atoms with Gasteiger partial charge >= 0.3 is 0 Å². The Morgan fingerprint density at radius 2 is 1.83 bits per heavy atom. The first-order valence-electron chi connectivity index (χ1n) is 14.2. The lowest BCUT2D eigenvalue weighted by Crippen LogP contribution is -2.62. The lowest BCUT2D eigenvalue weighted by molar-refractivity contribution is -0.314. The molecule has 7 rings (SSSR count). The Kier molecular flexibility index (Phi) is 8.17. The van der Waals surface area contributed by atoms with Gasteiger partial charge in [-0.2, -0.15) is 0 Å². The molecule has 14 heteroatoms. The standard InChI is InChI=1S/C32H25ClF3N5O5/c1-43-29-27(41-14-23(39-40-41)18-11-20(34)25(36)21(35)12-18)28-24(15-44-32(46-28)16-6-3-2-4-7-16)45-30(29)31(42)38-22-13-19(33)10-17-8-5-9-37-26(17)22/h2-14,24,27-30,32H,15H2,1H3,(H,38,42)/t24-,27+,28+,29-,30-,32+/m1/s1. The molecule has 10 nitrogen and oxygen atoms in total. The number of pyridine rings is 1. The van der Waals surface area contributed by atoms with E-state index in [1.165, 1.54) is 18.0 Å². The highest BCUT2D eigenvalue weighted by Crippen LogP contribution is 2.41. The number of nitrogens with one attached hydrogen (secondary N) is 1. The number of aromatic nitrogens is 4. The Balaban J connectivity index is 1.25. The second kappa shape index (κ2) is 12.4. The zero-order valence-electron chi connectivity index (χ0n) is 24.0. The van der Waals surface area contributed by atoms with E-state index in [0.717, 1.165) is 23.1 Å². The number of ether oxygens (including phenoxy) is 4. The van der Waals surface area contributed by atoms with Gasteiger partial charge in [-0.05, 0) is 30.3 Å². The van der Waals surface area contributed by atoms with E-state index in [4.69, 9.17) is 30.5 Å².